The quantitative estimate of drug-likeness (QED) is 0.171. The number of halogens is 3. The van der Waals surface area contributed by atoms with Crippen LogP contribution >= 0.6 is 23.1 Å². The van der Waals surface area contributed by atoms with E-state index in [4.69, 9.17) is 14.2 Å². The van der Waals surface area contributed by atoms with E-state index >= 15 is 0 Å². The number of nitrogens with one attached hydrogen (secondary N) is 2. The lowest BCUT2D eigenvalue weighted by Crippen LogP contribution is -2.32. The molecule has 0 saturated carbocycles. The molecule has 0 unspecified atom stereocenters. The number of aromatic nitrogens is 1. The summed E-state index contributed by atoms with van der Waals surface area (Å²) in [5.41, 5.74) is -0.386. The number of amides is 3. The van der Waals surface area contributed by atoms with Crippen LogP contribution in [0.3, 0.4) is 0 Å². The lowest BCUT2D eigenvalue weighted by Gasteiger charge is -2.30. The van der Waals surface area contributed by atoms with E-state index in [0.717, 1.165) is 40.1 Å². The number of imide groups is 1. The number of carbonyl (C=O) groups excluding carboxylic acids is 4. The summed E-state index contributed by atoms with van der Waals surface area (Å²) in [6.07, 6.45) is -4.68. The fourth-order valence-corrected chi connectivity index (χ4v) is 8.27. The van der Waals surface area contributed by atoms with Crippen molar-refractivity contribution in [3.8, 4) is 11.5 Å². The van der Waals surface area contributed by atoms with Gasteiger partial charge in [0.2, 0.25) is 11.8 Å². The smallest absolute Gasteiger partial charge is 0.418 e. The van der Waals surface area contributed by atoms with Crippen molar-refractivity contribution in [1.29, 1.82) is 0 Å². The van der Waals surface area contributed by atoms with Crippen LogP contribution in [0.15, 0.2) is 76.6 Å². The second kappa shape index (κ2) is 13.4. The second-order valence-electron chi connectivity index (χ2n) is 10.8. The first-order valence-corrected chi connectivity index (χ1v) is 16.4. The Morgan fingerprint density at radius 2 is 1.71 bits per heavy atom. The molecule has 1 fully saturated rings. The van der Waals surface area contributed by atoms with E-state index in [1.807, 2.05) is 0 Å². The van der Waals surface area contributed by atoms with Crippen molar-refractivity contribution in [3.05, 3.63) is 98.0 Å². The molecule has 254 valence electrons. The highest BCUT2D eigenvalue weighted by molar-refractivity contribution is 8.00. The van der Waals surface area contributed by atoms with E-state index in [1.54, 1.807) is 19.1 Å². The summed E-state index contributed by atoms with van der Waals surface area (Å²) in [4.78, 5) is 69.0. The van der Waals surface area contributed by atoms with Gasteiger partial charge in [0.25, 0.3) is 5.91 Å². The Labute approximate surface area is 284 Å². The summed E-state index contributed by atoms with van der Waals surface area (Å²) in [7, 11) is 1.34. The first-order valence-electron chi connectivity index (χ1n) is 14.7. The second-order valence-corrected chi connectivity index (χ2v) is 13.0. The Balaban J connectivity index is 1.26. The third-order valence-electron chi connectivity index (χ3n) is 7.87. The lowest BCUT2D eigenvalue weighted by molar-refractivity contribution is -0.137. The fourth-order valence-electron chi connectivity index (χ4n) is 5.76. The number of hydrogen-bond acceptors (Lipinski definition) is 10. The molecule has 3 amide bonds. The first-order chi connectivity index (χ1) is 23.4. The number of para-hydroxylation sites is 1. The molecule has 49 heavy (non-hydrogen) atoms. The van der Waals surface area contributed by atoms with Gasteiger partial charge in [0.1, 0.15) is 5.25 Å². The molecular weight excluding hydrogens is 688 g/mol. The molecule has 3 aromatic carbocycles. The largest absolute Gasteiger partial charge is 0.493 e. The van der Waals surface area contributed by atoms with Crippen molar-refractivity contribution >= 4 is 58.2 Å². The van der Waals surface area contributed by atoms with Crippen LogP contribution in [0.1, 0.15) is 39.2 Å². The highest BCUT2D eigenvalue weighted by Crippen LogP contribution is 2.53. The van der Waals surface area contributed by atoms with Crippen LogP contribution in [0.2, 0.25) is 0 Å². The maximum absolute atomic E-state index is 14.1. The summed E-state index contributed by atoms with van der Waals surface area (Å²) in [5.74, 6) is -3.82. The van der Waals surface area contributed by atoms with Gasteiger partial charge in [0, 0.05) is 10.8 Å². The molecule has 0 bridgehead atoms. The zero-order valence-electron chi connectivity index (χ0n) is 25.7. The third kappa shape index (κ3) is 6.53. The number of rotatable bonds is 9. The maximum Gasteiger partial charge on any atom is 0.418 e. The number of thiazole rings is 1. The average molecular weight is 714 g/mol. The summed E-state index contributed by atoms with van der Waals surface area (Å²) in [6, 6.07) is 15.1. The van der Waals surface area contributed by atoms with Crippen molar-refractivity contribution in [3.63, 3.8) is 0 Å². The summed E-state index contributed by atoms with van der Waals surface area (Å²) >= 11 is 2.01. The first kappa shape index (κ1) is 33.8. The number of methoxy groups -OCH3 is 1. The molecular formula is C33H26F3N3O8S2. The molecule has 2 aliphatic heterocycles. The Morgan fingerprint density at radius 3 is 2.41 bits per heavy atom. The average Bonchev–Trinajstić information content (AvgIpc) is 3.57. The van der Waals surface area contributed by atoms with Gasteiger partial charge in [-0.1, -0.05) is 41.3 Å². The van der Waals surface area contributed by atoms with E-state index in [-0.39, 0.29) is 34.2 Å². The van der Waals surface area contributed by atoms with Gasteiger partial charge in [-0.05, 0) is 61.0 Å². The highest BCUT2D eigenvalue weighted by Gasteiger charge is 2.56. The fraction of sp³-hybridized carbons (Fsp3) is 0.242. The Bertz CT molecular complexity index is 2010. The molecule has 2 aliphatic rings. The highest BCUT2D eigenvalue weighted by atomic mass is 32.2. The number of H-pyrrole nitrogens is 1. The van der Waals surface area contributed by atoms with Gasteiger partial charge in [-0.3, -0.25) is 19.2 Å². The molecule has 0 aliphatic carbocycles. The topological polar surface area (TPSA) is 144 Å². The molecule has 0 spiro atoms. The Kier molecular flexibility index (Phi) is 9.26. The summed E-state index contributed by atoms with van der Waals surface area (Å²) in [5, 5.41) is 1.78. The van der Waals surface area contributed by atoms with Crippen molar-refractivity contribution in [2.75, 3.05) is 30.5 Å². The number of hydrogen-bond donors (Lipinski definition) is 2. The zero-order chi connectivity index (χ0) is 35.0. The number of esters is 1. The molecule has 0 radical (unpaired) electrons. The minimum atomic E-state index is -4.68. The number of nitrogens with zero attached hydrogens (tertiary/aromatic N) is 1. The zero-order valence-corrected chi connectivity index (χ0v) is 27.3. The van der Waals surface area contributed by atoms with E-state index in [2.05, 4.69) is 10.3 Å². The molecule has 3 heterocycles. The van der Waals surface area contributed by atoms with Crippen molar-refractivity contribution < 1.29 is 46.6 Å². The van der Waals surface area contributed by atoms with Gasteiger partial charge in [0.15, 0.2) is 18.1 Å². The van der Waals surface area contributed by atoms with Crippen LogP contribution in [0.25, 0.3) is 0 Å². The van der Waals surface area contributed by atoms with Gasteiger partial charge in [0.05, 0.1) is 47.2 Å². The predicted molar refractivity (Wildman–Crippen MR) is 173 cm³/mol. The number of aromatic amines is 1. The number of benzene rings is 3. The Hall–Kier alpha value is -5.09. The van der Waals surface area contributed by atoms with Gasteiger partial charge >= 0.3 is 17.0 Å². The normalized spacial score (nSPS) is 18.5. The number of alkyl halides is 3. The van der Waals surface area contributed by atoms with E-state index in [9.17, 15) is 37.1 Å². The van der Waals surface area contributed by atoms with Crippen LogP contribution in [0.5, 0.6) is 11.5 Å². The van der Waals surface area contributed by atoms with E-state index < -0.39 is 64.8 Å². The number of ether oxygens (including phenoxy) is 3. The van der Waals surface area contributed by atoms with E-state index in [0.29, 0.717) is 15.5 Å². The number of thioether (sulfide) groups is 1. The number of fused-ring (bicyclic) bond motifs is 2. The van der Waals surface area contributed by atoms with E-state index in [1.165, 1.54) is 49.6 Å². The van der Waals surface area contributed by atoms with Gasteiger partial charge < -0.3 is 24.5 Å². The monoisotopic (exact) mass is 713 g/mol. The molecule has 11 nitrogen and oxygen atoms in total. The van der Waals surface area contributed by atoms with Gasteiger partial charge in [-0.15, -0.1) is 0 Å². The van der Waals surface area contributed by atoms with Gasteiger partial charge in [-0.2, -0.15) is 13.2 Å². The minimum absolute atomic E-state index is 0.0897. The molecule has 6 rings (SSSR count). The van der Waals surface area contributed by atoms with Crippen molar-refractivity contribution in [2.45, 2.75) is 29.3 Å². The summed E-state index contributed by atoms with van der Waals surface area (Å²) in [6.45, 7) is 1.22. The van der Waals surface area contributed by atoms with Crippen LogP contribution < -0.4 is 24.6 Å². The van der Waals surface area contributed by atoms with Crippen molar-refractivity contribution in [2.24, 2.45) is 5.92 Å². The van der Waals surface area contributed by atoms with Crippen LogP contribution in [-0.4, -0.2) is 54.2 Å². The molecule has 2 N–H and O–H groups in total. The lowest BCUT2D eigenvalue weighted by atomic mass is 9.83. The molecule has 3 atom stereocenters. The molecule has 16 heteroatoms. The summed E-state index contributed by atoms with van der Waals surface area (Å²) < 4.78 is 56.2. The number of anilines is 2. The van der Waals surface area contributed by atoms with Crippen LogP contribution in [-0.2, 0) is 25.3 Å². The Morgan fingerprint density at radius 1 is 0.980 bits per heavy atom. The van der Waals surface area contributed by atoms with Crippen LogP contribution in [0, 0.1) is 5.92 Å². The standard InChI is InChI=1S/C33H26F3N3O8S2/c1-3-46-31(43)16-8-11-18(12-9-16)39-29(41)25-24(26-28(38-32(44)49-26)48-27(25)30(39)42)17-10-13-21(22(14-17)45-2)47-15-23(40)37-20-7-5-4-6-19(20)33(34,35)36/h4-14,24-25,27H,3,15H2,1-2H3,(H,37,40)(H,38,44)/t24-,25-,27+/m0/s1. The van der Waals surface area contributed by atoms with Crippen molar-refractivity contribution in [1.82, 2.24) is 4.98 Å². The maximum atomic E-state index is 14.1. The van der Waals surface area contributed by atoms with Gasteiger partial charge in [-0.25, -0.2) is 9.69 Å². The molecule has 4 aromatic rings. The third-order valence-corrected chi connectivity index (χ3v) is 10.3. The number of carbonyl (C=O) groups is 4. The van der Waals surface area contributed by atoms with Crippen LogP contribution in [0.4, 0.5) is 24.5 Å². The minimum Gasteiger partial charge on any atom is -0.493 e. The SMILES string of the molecule is CCOC(=O)c1ccc(N2C(=O)[C@H]3[C@H](c4ccc(OCC(=O)Nc5ccccc5C(F)(F)F)c(OC)c4)c4sc(=O)[nH]c4S[C@H]3C2=O)cc1. The molecule has 1 saturated heterocycles. The molecule has 1 aromatic heterocycles. The predicted octanol–water partition coefficient (Wildman–Crippen LogP) is 5.45.